The highest BCUT2D eigenvalue weighted by atomic mass is 16.4. The van der Waals surface area contributed by atoms with Gasteiger partial charge in [-0.2, -0.15) is 0 Å². The summed E-state index contributed by atoms with van der Waals surface area (Å²) in [5.74, 6) is -11.2. The first-order valence-corrected chi connectivity index (χ1v) is 22.4. The SMILES string of the molecule is N=C(N)NCCC[C@H](NC(=O)[C@H](CO)NC(=O)[C@H](CCC(N)=O)NC(=O)[C@H](Cc1ccccc1)NC(=O)[C@H](CC(N)=O)NC(=O)[C@@H](N)CCCCN)C(=O)N[C@@H](CO)C(=O)N[C@@H](Cc1c[nH]cn1)C(=O)O. The number of amides is 9. The van der Waals surface area contributed by atoms with Gasteiger partial charge in [-0.05, 0) is 44.2 Å². The van der Waals surface area contributed by atoms with Crippen molar-refractivity contribution in [2.24, 2.45) is 28.7 Å². The molecular weight excluding hydrogens is 937 g/mol. The van der Waals surface area contributed by atoms with Crippen molar-refractivity contribution in [3.8, 4) is 0 Å². The van der Waals surface area contributed by atoms with Crippen molar-refractivity contribution in [1.29, 1.82) is 5.41 Å². The molecule has 0 unspecified atom stereocenters. The summed E-state index contributed by atoms with van der Waals surface area (Å²) in [6.07, 6.45) is 1.57. The van der Waals surface area contributed by atoms with E-state index in [9.17, 15) is 63.3 Å². The molecule has 0 radical (unpaired) electrons. The number of aromatic amines is 1. The van der Waals surface area contributed by atoms with Crippen LogP contribution in [0.25, 0.3) is 0 Å². The Labute approximate surface area is 407 Å². The topological polar surface area (TPSA) is 510 Å². The highest BCUT2D eigenvalue weighted by Gasteiger charge is 2.35. The number of unbranched alkanes of at least 4 members (excludes halogenated alkanes) is 1. The molecular formula is C42H66N16O13. The maximum atomic E-state index is 14.1. The van der Waals surface area contributed by atoms with Crippen LogP contribution in [0.2, 0.25) is 0 Å². The lowest BCUT2D eigenvalue weighted by atomic mass is 10.0. The Balaban J connectivity index is 2.36. The Morgan fingerprint density at radius 3 is 1.62 bits per heavy atom. The minimum absolute atomic E-state index is 0.00370. The van der Waals surface area contributed by atoms with E-state index in [-0.39, 0.29) is 44.3 Å². The van der Waals surface area contributed by atoms with Crippen molar-refractivity contribution in [2.45, 2.75) is 113 Å². The van der Waals surface area contributed by atoms with Gasteiger partial charge in [-0.25, -0.2) is 9.78 Å². The number of aliphatic hydroxyl groups excluding tert-OH is 2. The third kappa shape index (κ3) is 22.5. The molecule has 1 heterocycles. The van der Waals surface area contributed by atoms with E-state index in [0.29, 0.717) is 24.9 Å². The van der Waals surface area contributed by atoms with Gasteiger partial charge < -0.3 is 91.5 Å². The van der Waals surface area contributed by atoms with Crippen LogP contribution in [0.1, 0.15) is 62.6 Å². The molecule has 0 saturated carbocycles. The standard InChI is InChI=1S/C42H66N16O13/c43-13-5-4-9-24(44)34(63)54-28(17-33(46)62)38(67)55-27(15-22-7-2-1-3-8-22)37(66)53-26(11-12-32(45)61)36(65)58-30(19-59)39(68)52-25(10-6-14-50-42(47)48)35(64)57-31(20-60)40(69)56-29(41(70)71)16-23-18-49-21-51-23/h1-3,7-8,18,21,24-31,59-60H,4-6,9-17,19-20,43-44H2,(H2,45,61)(H2,46,62)(H,49,51)(H,52,68)(H,53,66)(H,54,63)(H,55,67)(H,56,69)(H,57,64)(H,58,65)(H,70,71)(H4,47,48,50)/t24-,25-,26-,27-,28-,29-,30-,31-/m0/s1. The number of aliphatic hydroxyl groups is 2. The van der Waals surface area contributed by atoms with E-state index in [1.54, 1.807) is 30.3 Å². The number of hydrogen-bond acceptors (Lipinski definition) is 16. The minimum Gasteiger partial charge on any atom is -0.480 e. The van der Waals surface area contributed by atoms with Gasteiger partial charge in [0.25, 0.3) is 0 Å². The summed E-state index contributed by atoms with van der Waals surface area (Å²) in [5, 5.41) is 56.1. The van der Waals surface area contributed by atoms with Gasteiger partial charge >= 0.3 is 5.97 Å². The van der Waals surface area contributed by atoms with E-state index in [1.165, 1.54) is 12.5 Å². The van der Waals surface area contributed by atoms with Crippen LogP contribution in [0.3, 0.4) is 0 Å². The number of rotatable bonds is 34. The van der Waals surface area contributed by atoms with E-state index < -0.39 is 146 Å². The van der Waals surface area contributed by atoms with Gasteiger partial charge in [-0.1, -0.05) is 36.8 Å². The minimum atomic E-state index is -1.86. The number of aromatic nitrogens is 2. The molecule has 1 aromatic carbocycles. The lowest BCUT2D eigenvalue weighted by molar-refractivity contribution is -0.142. The molecule has 8 atom stereocenters. The van der Waals surface area contributed by atoms with E-state index in [2.05, 4.69) is 52.5 Å². The number of aliphatic carboxylic acids is 1. The summed E-state index contributed by atoms with van der Waals surface area (Å²) >= 11 is 0. The van der Waals surface area contributed by atoms with E-state index in [4.69, 9.17) is 34.1 Å². The molecule has 0 saturated heterocycles. The first-order valence-electron chi connectivity index (χ1n) is 22.4. The number of benzene rings is 1. The van der Waals surface area contributed by atoms with Crippen molar-refractivity contribution in [1.82, 2.24) is 52.5 Å². The fraction of sp³-hybridized carbons (Fsp3) is 0.524. The van der Waals surface area contributed by atoms with Crippen LogP contribution >= 0.6 is 0 Å². The first-order chi connectivity index (χ1) is 33.7. The van der Waals surface area contributed by atoms with E-state index in [0.717, 1.165) is 0 Å². The Hall–Kier alpha value is -7.76. The largest absolute Gasteiger partial charge is 0.480 e. The summed E-state index contributed by atoms with van der Waals surface area (Å²) in [6.45, 7) is -1.79. The number of H-pyrrole nitrogens is 1. The number of nitrogens with zero attached hydrogens (tertiary/aromatic N) is 1. The van der Waals surface area contributed by atoms with Gasteiger partial charge in [-0.3, -0.25) is 48.6 Å². The molecule has 0 bridgehead atoms. The molecule has 2 aromatic rings. The fourth-order valence-electron chi connectivity index (χ4n) is 6.58. The highest BCUT2D eigenvalue weighted by molar-refractivity contribution is 5.98. The zero-order valence-electron chi connectivity index (χ0n) is 38.8. The number of nitrogens with two attached hydrogens (primary N) is 5. The predicted octanol–water partition coefficient (Wildman–Crippen LogP) is -7.48. The Kier molecular flexibility index (Phi) is 26.2. The van der Waals surface area contributed by atoms with Crippen LogP contribution in [-0.4, -0.2) is 165 Å². The molecule has 0 fully saturated rings. The first kappa shape index (κ1) is 59.4. The average Bonchev–Trinajstić information content (AvgIpc) is 3.84. The quantitative estimate of drug-likeness (QED) is 0.0176. The van der Waals surface area contributed by atoms with Gasteiger partial charge in [-0.15, -0.1) is 0 Å². The third-order valence-corrected chi connectivity index (χ3v) is 10.4. The number of carbonyl (C=O) groups is 10. The van der Waals surface area contributed by atoms with Crippen molar-refractivity contribution < 1.29 is 63.3 Å². The van der Waals surface area contributed by atoms with Crippen molar-refractivity contribution in [3.05, 3.63) is 54.1 Å². The lowest BCUT2D eigenvalue weighted by Gasteiger charge is -2.27. The molecule has 71 heavy (non-hydrogen) atoms. The van der Waals surface area contributed by atoms with Crippen molar-refractivity contribution in [2.75, 3.05) is 26.3 Å². The molecule has 392 valence electrons. The molecule has 29 nitrogen and oxygen atoms in total. The van der Waals surface area contributed by atoms with Crippen LogP contribution in [0.5, 0.6) is 0 Å². The summed E-state index contributed by atoms with van der Waals surface area (Å²) in [7, 11) is 0. The Morgan fingerprint density at radius 2 is 1.11 bits per heavy atom. The zero-order chi connectivity index (χ0) is 53.0. The lowest BCUT2D eigenvalue weighted by Crippen LogP contribution is -2.61. The second-order valence-electron chi connectivity index (χ2n) is 16.1. The van der Waals surface area contributed by atoms with Gasteiger partial charge in [0.1, 0.15) is 42.3 Å². The summed E-state index contributed by atoms with van der Waals surface area (Å²) in [4.78, 5) is 137. The summed E-state index contributed by atoms with van der Waals surface area (Å²) in [5.41, 5.74) is 28.3. The Bertz CT molecular complexity index is 2110. The summed E-state index contributed by atoms with van der Waals surface area (Å²) in [6, 6.07) is -4.47. The molecule has 9 amide bonds. The molecule has 0 spiro atoms. The Morgan fingerprint density at radius 1 is 0.606 bits per heavy atom. The van der Waals surface area contributed by atoms with Crippen LogP contribution in [-0.2, 0) is 60.8 Å². The van der Waals surface area contributed by atoms with Crippen LogP contribution in [0.15, 0.2) is 42.9 Å². The molecule has 0 aliphatic rings. The second kappa shape index (κ2) is 31.4. The van der Waals surface area contributed by atoms with Crippen LogP contribution < -0.4 is 71.2 Å². The molecule has 0 aliphatic heterocycles. The molecule has 1 aromatic heterocycles. The number of carbonyl (C=O) groups excluding carboxylic acids is 9. The third-order valence-electron chi connectivity index (χ3n) is 10.4. The smallest absolute Gasteiger partial charge is 0.326 e. The number of guanidine groups is 1. The average molecular weight is 1000 g/mol. The fourth-order valence-corrected chi connectivity index (χ4v) is 6.58. The maximum absolute atomic E-state index is 14.1. The van der Waals surface area contributed by atoms with Crippen molar-refractivity contribution >= 4 is 65.1 Å². The number of imidazole rings is 1. The highest BCUT2D eigenvalue weighted by Crippen LogP contribution is 2.09. The van der Waals surface area contributed by atoms with Gasteiger partial charge in [0.15, 0.2) is 5.96 Å². The molecule has 2 rings (SSSR count). The number of primary amides is 2. The van der Waals surface area contributed by atoms with Crippen LogP contribution in [0, 0.1) is 5.41 Å². The van der Waals surface area contributed by atoms with Gasteiger partial charge in [0.2, 0.25) is 53.2 Å². The monoisotopic (exact) mass is 1000 g/mol. The maximum Gasteiger partial charge on any atom is 0.326 e. The number of hydrogen-bond donors (Lipinski definition) is 18. The predicted molar refractivity (Wildman–Crippen MR) is 250 cm³/mol. The van der Waals surface area contributed by atoms with Gasteiger partial charge in [0.05, 0.1) is 37.7 Å². The van der Waals surface area contributed by atoms with E-state index in [1.807, 2.05) is 0 Å². The molecule has 0 aliphatic carbocycles. The summed E-state index contributed by atoms with van der Waals surface area (Å²) < 4.78 is 0. The van der Waals surface area contributed by atoms with Crippen molar-refractivity contribution in [3.63, 3.8) is 0 Å². The van der Waals surface area contributed by atoms with E-state index >= 15 is 0 Å². The van der Waals surface area contributed by atoms with Gasteiger partial charge in [0, 0.05) is 32.0 Å². The van der Waals surface area contributed by atoms with Crippen LogP contribution in [0.4, 0.5) is 0 Å². The zero-order valence-corrected chi connectivity index (χ0v) is 38.8. The number of carboxylic acids is 1. The number of carboxylic acid groups (broad SMARTS) is 1. The molecule has 29 heteroatoms. The number of nitrogens with one attached hydrogen (secondary N) is 10. The normalized spacial score (nSPS) is 14.3. The molecule has 23 N–H and O–H groups in total. The second-order valence-corrected chi connectivity index (χ2v) is 16.1.